The second-order valence-electron chi connectivity index (χ2n) is 5.93. The molecule has 1 atom stereocenters. The summed E-state index contributed by atoms with van der Waals surface area (Å²) in [6.07, 6.45) is 0. The normalized spacial score (nSPS) is 23.8. The van der Waals surface area contributed by atoms with Crippen LogP contribution < -0.4 is 0 Å². The second kappa shape index (κ2) is 3.69. The lowest BCUT2D eigenvalue weighted by molar-refractivity contribution is 0.814. The van der Waals surface area contributed by atoms with Crippen LogP contribution in [0, 0.1) is 5.92 Å². The Morgan fingerprint density at radius 3 is 1.79 bits per heavy atom. The third-order valence-corrected chi connectivity index (χ3v) is 4.94. The molecule has 1 aliphatic rings. The molecule has 1 heteroatoms. The summed E-state index contributed by atoms with van der Waals surface area (Å²) in [7, 11) is -0.957. The molecule has 0 amide bonds. The fourth-order valence-corrected chi connectivity index (χ4v) is 3.85. The Hall–Kier alpha value is -0.303. The van der Waals surface area contributed by atoms with Crippen LogP contribution in [-0.4, -0.2) is 8.07 Å². The van der Waals surface area contributed by atoms with E-state index in [1.54, 1.807) is 22.3 Å². The van der Waals surface area contributed by atoms with Gasteiger partial charge in [0.15, 0.2) is 0 Å². The van der Waals surface area contributed by atoms with Gasteiger partial charge in [-0.1, -0.05) is 37.7 Å². The molecule has 0 aromatic rings. The molecule has 0 aromatic heterocycles. The van der Waals surface area contributed by atoms with E-state index in [1.807, 2.05) is 0 Å². The molecule has 0 aliphatic heterocycles. The van der Waals surface area contributed by atoms with E-state index in [1.165, 1.54) is 6.04 Å². The summed E-state index contributed by atoms with van der Waals surface area (Å²) < 4.78 is 0. The van der Waals surface area contributed by atoms with Crippen LogP contribution in [0.3, 0.4) is 0 Å². The topological polar surface area (TPSA) is 0 Å². The molecule has 0 nitrogen and oxygen atoms in total. The summed E-state index contributed by atoms with van der Waals surface area (Å²) >= 11 is 0. The van der Waals surface area contributed by atoms with Crippen LogP contribution in [0.25, 0.3) is 0 Å². The Bertz CT molecular complexity index is 300. The van der Waals surface area contributed by atoms with Crippen LogP contribution in [-0.2, 0) is 0 Å². The first-order chi connectivity index (χ1) is 6.24. The summed E-state index contributed by atoms with van der Waals surface area (Å²) in [6.45, 7) is 16.6. The lowest BCUT2D eigenvalue weighted by Gasteiger charge is -2.19. The van der Waals surface area contributed by atoms with Crippen molar-refractivity contribution in [1.82, 2.24) is 0 Å². The van der Waals surface area contributed by atoms with Gasteiger partial charge in [0.05, 0.1) is 0 Å². The van der Waals surface area contributed by atoms with Crippen molar-refractivity contribution in [2.24, 2.45) is 5.92 Å². The third kappa shape index (κ3) is 2.19. The Morgan fingerprint density at radius 2 is 1.50 bits per heavy atom. The molecule has 0 fully saturated rings. The predicted molar refractivity (Wildman–Crippen MR) is 68.4 cm³/mol. The van der Waals surface area contributed by atoms with Crippen molar-refractivity contribution in [3.8, 4) is 0 Å². The summed E-state index contributed by atoms with van der Waals surface area (Å²) in [5, 5.41) is 0. The molecule has 1 aliphatic carbocycles. The van der Waals surface area contributed by atoms with Gasteiger partial charge in [0.2, 0.25) is 0 Å². The molecule has 1 unspecified atom stereocenters. The first-order valence-corrected chi connectivity index (χ1v) is 9.32. The first kappa shape index (κ1) is 11.8. The summed E-state index contributed by atoms with van der Waals surface area (Å²) in [5.41, 5.74) is 6.48. The monoisotopic (exact) mass is 208 g/mol. The maximum absolute atomic E-state index is 2.46. The molecule has 0 saturated carbocycles. The van der Waals surface area contributed by atoms with E-state index >= 15 is 0 Å². The minimum atomic E-state index is -0.957. The van der Waals surface area contributed by atoms with Gasteiger partial charge in [0.25, 0.3) is 0 Å². The smallest absolute Gasteiger partial charge is 0.0487 e. The van der Waals surface area contributed by atoms with Crippen molar-refractivity contribution in [2.45, 2.75) is 53.4 Å². The highest BCUT2D eigenvalue weighted by atomic mass is 28.3. The number of hydrogen-bond donors (Lipinski definition) is 0. The quantitative estimate of drug-likeness (QED) is 0.581. The van der Waals surface area contributed by atoms with Crippen molar-refractivity contribution in [1.29, 1.82) is 0 Å². The van der Waals surface area contributed by atoms with Crippen molar-refractivity contribution in [2.75, 3.05) is 0 Å². The number of allylic oxidation sites excluding steroid dienone is 4. The van der Waals surface area contributed by atoms with Crippen molar-refractivity contribution < 1.29 is 0 Å². The lowest BCUT2D eigenvalue weighted by atomic mass is 10.00. The maximum Gasteiger partial charge on any atom is 0.0487 e. The van der Waals surface area contributed by atoms with Gasteiger partial charge >= 0.3 is 0 Å². The Kier molecular flexibility index (Phi) is 3.10. The highest BCUT2D eigenvalue weighted by Gasteiger charge is 2.26. The zero-order valence-electron chi connectivity index (χ0n) is 10.8. The highest BCUT2D eigenvalue weighted by Crippen LogP contribution is 2.40. The molecule has 0 radical (unpaired) electrons. The van der Waals surface area contributed by atoms with E-state index in [2.05, 4.69) is 47.3 Å². The Labute approximate surface area is 90.1 Å². The molecule has 0 spiro atoms. The fraction of sp³-hybridized carbons (Fsp3) is 0.692. The van der Waals surface area contributed by atoms with Gasteiger partial charge in [0, 0.05) is 8.07 Å². The van der Waals surface area contributed by atoms with E-state index in [0.717, 1.165) is 0 Å². The fourth-order valence-electron chi connectivity index (χ4n) is 2.25. The average Bonchev–Trinajstić information content (AvgIpc) is 2.20. The molecular formula is C13H24Si. The Balaban J connectivity index is 2.99. The minimum Gasteiger partial charge on any atom is -0.0693 e. The third-order valence-electron chi connectivity index (χ3n) is 3.53. The molecule has 0 saturated heterocycles. The van der Waals surface area contributed by atoms with Crippen molar-refractivity contribution in [3.05, 3.63) is 22.3 Å². The molecule has 0 aromatic carbocycles. The van der Waals surface area contributed by atoms with Gasteiger partial charge in [-0.2, -0.15) is 0 Å². The average molecular weight is 208 g/mol. The summed E-state index contributed by atoms with van der Waals surface area (Å²) in [5.74, 6) is 0.696. The molecular weight excluding hydrogens is 184 g/mol. The molecule has 80 valence electrons. The van der Waals surface area contributed by atoms with Gasteiger partial charge in [-0.05, 0) is 43.9 Å². The van der Waals surface area contributed by atoms with E-state index in [-0.39, 0.29) is 0 Å². The van der Waals surface area contributed by atoms with Crippen LogP contribution in [0.1, 0.15) is 27.7 Å². The molecule has 14 heavy (non-hydrogen) atoms. The van der Waals surface area contributed by atoms with Crippen LogP contribution in [0.15, 0.2) is 22.3 Å². The Morgan fingerprint density at radius 1 is 1.00 bits per heavy atom. The molecule has 0 heterocycles. The zero-order valence-corrected chi connectivity index (χ0v) is 11.8. The van der Waals surface area contributed by atoms with E-state index in [0.29, 0.717) is 5.92 Å². The van der Waals surface area contributed by atoms with Crippen LogP contribution in [0.4, 0.5) is 0 Å². The lowest BCUT2D eigenvalue weighted by Crippen LogP contribution is -2.20. The van der Waals surface area contributed by atoms with Crippen molar-refractivity contribution in [3.63, 3.8) is 0 Å². The van der Waals surface area contributed by atoms with Gasteiger partial charge in [-0.15, -0.1) is 0 Å². The van der Waals surface area contributed by atoms with Gasteiger partial charge in [-0.25, -0.2) is 0 Å². The standard InChI is InChI=1S/C13H24Si/c1-9-10(2)12(4)13(11(9)3)8-14(5,6)7/h9H,8H2,1-7H3. The van der Waals surface area contributed by atoms with Crippen LogP contribution in [0.5, 0.6) is 0 Å². The van der Waals surface area contributed by atoms with E-state index < -0.39 is 8.07 Å². The second-order valence-corrected chi connectivity index (χ2v) is 11.4. The summed E-state index contributed by atoms with van der Waals surface area (Å²) in [4.78, 5) is 0. The SMILES string of the molecule is CC1=C(C)C(C)C(C)=C1C[Si](C)(C)C. The number of rotatable bonds is 2. The maximum atomic E-state index is 2.46. The van der Waals surface area contributed by atoms with Crippen LogP contribution >= 0.6 is 0 Å². The largest absolute Gasteiger partial charge is 0.0693 e. The van der Waals surface area contributed by atoms with E-state index in [4.69, 9.17) is 0 Å². The van der Waals surface area contributed by atoms with Gasteiger partial charge < -0.3 is 0 Å². The predicted octanol–water partition coefficient (Wildman–Crippen LogP) is 4.63. The van der Waals surface area contributed by atoms with Crippen LogP contribution in [0.2, 0.25) is 25.7 Å². The van der Waals surface area contributed by atoms with E-state index in [9.17, 15) is 0 Å². The van der Waals surface area contributed by atoms with Gasteiger partial charge in [0.1, 0.15) is 0 Å². The molecule has 0 N–H and O–H groups in total. The van der Waals surface area contributed by atoms with Gasteiger partial charge in [-0.3, -0.25) is 0 Å². The molecule has 0 bridgehead atoms. The first-order valence-electron chi connectivity index (χ1n) is 5.61. The minimum absolute atomic E-state index is 0.696. The zero-order chi connectivity index (χ0) is 11.1. The number of hydrogen-bond acceptors (Lipinski definition) is 0. The van der Waals surface area contributed by atoms with Crippen molar-refractivity contribution >= 4 is 8.07 Å². The molecule has 1 rings (SSSR count). The summed E-state index contributed by atoms with van der Waals surface area (Å²) in [6, 6.07) is 1.35. The highest BCUT2D eigenvalue weighted by molar-refractivity contribution is 6.76.